The Morgan fingerprint density at radius 3 is 2.71 bits per heavy atom. The second kappa shape index (κ2) is 8.72. The third kappa shape index (κ3) is 5.70. The lowest BCUT2D eigenvalue weighted by Gasteiger charge is -2.35. The normalized spacial score (nSPS) is 24.3. The van der Waals surface area contributed by atoms with Gasteiger partial charge in [-0.15, -0.1) is 12.4 Å². The van der Waals surface area contributed by atoms with E-state index in [4.69, 9.17) is 4.74 Å². The largest absolute Gasteiger partial charge is 0.383 e. The molecule has 2 atom stereocenters. The number of ether oxygens (including phenoxy) is 1. The van der Waals surface area contributed by atoms with Gasteiger partial charge in [0.1, 0.15) is 0 Å². The van der Waals surface area contributed by atoms with E-state index in [1.165, 1.54) is 0 Å². The van der Waals surface area contributed by atoms with E-state index in [1.54, 1.807) is 7.11 Å². The van der Waals surface area contributed by atoms with Crippen molar-refractivity contribution >= 4 is 18.3 Å². The molecule has 1 fully saturated rings. The predicted molar refractivity (Wildman–Crippen MR) is 71.5 cm³/mol. The molecule has 0 radical (unpaired) electrons. The molecule has 0 aromatic heterocycles. The van der Waals surface area contributed by atoms with E-state index in [0.29, 0.717) is 19.1 Å². The molecule has 1 saturated heterocycles. The molecule has 1 aliphatic heterocycles. The number of hydrogen-bond donors (Lipinski definition) is 1. The first-order chi connectivity index (χ1) is 7.65. The highest BCUT2D eigenvalue weighted by Crippen LogP contribution is 2.22. The van der Waals surface area contributed by atoms with Crippen LogP contribution in [0.1, 0.15) is 20.3 Å². The van der Waals surface area contributed by atoms with Crippen LogP contribution in [0.4, 0.5) is 0 Å². The Morgan fingerprint density at radius 1 is 1.41 bits per heavy atom. The number of piperidine rings is 1. The summed E-state index contributed by atoms with van der Waals surface area (Å²) in [6, 6.07) is 0. The minimum Gasteiger partial charge on any atom is -0.383 e. The molecule has 0 saturated carbocycles. The van der Waals surface area contributed by atoms with Crippen molar-refractivity contribution in [2.24, 2.45) is 11.8 Å². The number of hydrogen-bond acceptors (Lipinski definition) is 3. The molecule has 17 heavy (non-hydrogen) atoms. The molecule has 0 aromatic carbocycles. The Morgan fingerprint density at radius 2 is 2.12 bits per heavy atom. The first-order valence-electron chi connectivity index (χ1n) is 6.12. The number of halogens is 1. The van der Waals surface area contributed by atoms with Gasteiger partial charge < -0.3 is 15.0 Å². The number of carbonyl (C=O) groups is 1. The number of methoxy groups -OCH3 is 1. The van der Waals surface area contributed by atoms with Crippen LogP contribution in [0, 0.1) is 11.8 Å². The summed E-state index contributed by atoms with van der Waals surface area (Å²) in [6.07, 6.45) is 1.13. The van der Waals surface area contributed by atoms with Gasteiger partial charge in [0.2, 0.25) is 5.91 Å². The Bertz CT molecular complexity index is 227. The van der Waals surface area contributed by atoms with E-state index < -0.39 is 0 Å². The van der Waals surface area contributed by atoms with E-state index >= 15 is 0 Å². The van der Waals surface area contributed by atoms with Crippen LogP contribution in [0.5, 0.6) is 0 Å². The van der Waals surface area contributed by atoms with E-state index in [-0.39, 0.29) is 18.3 Å². The summed E-state index contributed by atoms with van der Waals surface area (Å²) in [5, 5.41) is 3.09. The monoisotopic (exact) mass is 264 g/mol. The summed E-state index contributed by atoms with van der Waals surface area (Å²) in [7, 11) is 1.66. The van der Waals surface area contributed by atoms with E-state index in [2.05, 4.69) is 19.2 Å². The number of likely N-dealkylation sites (tertiary alicyclic amines) is 1. The Labute approximate surface area is 110 Å². The summed E-state index contributed by atoms with van der Waals surface area (Å²) in [6.45, 7) is 8.14. The molecule has 2 unspecified atom stereocenters. The van der Waals surface area contributed by atoms with Gasteiger partial charge in [0.25, 0.3) is 0 Å². The van der Waals surface area contributed by atoms with E-state index in [9.17, 15) is 4.79 Å². The van der Waals surface area contributed by atoms with Gasteiger partial charge in [-0.05, 0) is 18.3 Å². The molecule has 0 aromatic rings. The maximum absolute atomic E-state index is 11.8. The van der Waals surface area contributed by atoms with Crippen LogP contribution in [0.25, 0.3) is 0 Å². The average Bonchev–Trinajstić information content (AvgIpc) is 2.28. The lowest BCUT2D eigenvalue weighted by atomic mass is 9.89. The van der Waals surface area contributed by atoms with Gasteiger partial charge in [0.15, 0.2) is 0 Å². The third-order valence-corrected chi connectivity index (χ3v) is 3.45. The average molecular weight is 265 g/mol. The molecule has 1 N–H and O–H groups in total. The summed E-state index contributed by atoms with van der Waals surface area (Å²) in [5.74, 6) is 1.58. The molecular formula is C12H25ClN2O2. The minimum atomic E-state index is 0. The van der Waals surface area contributed by atoms with E-state index in [0.717, 1.165) is 32.0 Å². The van der Waals surface area contributed by atoms with Gasteiger partial charge in [-0.25, -0.2) is 0 Å². The van der Waals surface area contributed by atoms with E-state index in [1.807, 2.05) is 4.90 Å². The molecule has 0 bridgehead atoms. The highest BCUT2D eigenvalue weighted by molar-refractivity contribution is 5.85. The number of rotatable bonds is 5. The summed E-state index contributed by atoms with van der Waals surface area (Å²) < 4.78 is 4.91. The van der Waals surface area contributed by atoms with Crippen molar-refractivity contribution in [3.05, 3.63) is 0 Å². The van der Waals surface area contributed by atoms with Crippen LogP contribution in [-0.4, -0.2) is 50.7 Å². The third-order valence-electron chi connectivity index (χ3n) is 3.45. The highest BCUT2D eigenvalue weighted by Gasteiger charge is 2.25. The molecule has 102 valence electrons. The number of nitrogens with one attached hydrogen (secondary N) is 1. The zero-order valence-electron chi connectivity index (χ0n) is 11.1. The highest BCUT2D eigenvalue weighted by atomic mass is 35.5. The van der Waals surface area contributed by atoms with Crippen molar-refractivity contribution in [3.8, 4) is 0 Å². The standard InChI is InChI=1S/C12H24N2O2.ClH/c1-10-4-6-14(9-11(10)2)12(15)8-13-5-7-16-3;/h10-11,13H,4-9H2,1-3H3;1H. The molecule has 1 aliphatic rings. The van der Waals surface area contributed by atoms with Crippen LogP contribution in [-0.2, 0) is 9.53 Å². The SMILES string of the molecule is COCCNCC(=O)N1CCC(C)C(C)C1.Cl. The second-order valence-electron chi connectivity index (χ2n) is 4.75. The van der Waals surface area contributed by atoms with Crippen molar-refractivity contribution in [1.82, 2.24) is 10.2 Å². The van der Waals surface area contributed by atoms with Crippen molar-refractivity contribution in [2.75, 3.05) is 39.9 Å². The van der Waals surface area contributed by atoms with Gasteiger partial charge in [-0.2, -0.15) is 0 Å². The van der Waals surface area contributed by atoms with Gasteiger partial charge in [0, 0.05) is 26.7 Å². The fraction of sp³-hybridized carbons (Fsp3) is 0.917. The number of amides is 1. The smallest absolute Gasteiger partial charge is 0.236 e. The van der Waals surface area contributed by atoms with Crippen molar-refractivity contribution in [1.29, 1.82) is 0 Å². The number of nitrogens with zero attached hydrogens (tertiary/aromatic N) is 1. The van der Waals surface area contributed by atoms with Crippen LogP contribution < -0.4 is 5.32 Å². The van der Waals surface area contributed by atoms with Crippen LogP contribution in [0.3, 0.4) is 0 Å². The molecule has 1 amide bonds. The molecule has 0 aliphatic carbocycles. The van der Waals surface area contributed by atoms with Gasteiger partial charge in [0.05, 0.1) is 13.2 Å². The minimum absolute atomic E-state index is 0. The molecule has 5 heteroatoms. The molecule has 4 nitrogen and oxygen atoms in total. The van der Waals surface area contributed by atoms with Gasteiger partial charge >= 0.3 is 0 Å². The maximum atomic E-state index is 11.8. The lowest BCUT2D eigenvalue weighted by molar-refractivity contribution is -0.132. The molecule has 1 rings (SSSR count). The van der Waals surface area contributed by atoms with Crippen LogP contribution >= 0.6 is 12.4 Å². The Balaban J connectivity index is 0.00000256. The molecule has 1 heterocycles. The maximum Gasteiger partial charge on any atom is 0.236 e. The van der Waals surface area contributed by atoms with Crippen molar-refractivity contribution in [3.63, 3.8) is 0 Å². The fourth-order valence-electron chi connectivity index (χ4n) is 1.97. The first-order valence-corrected chi connectivity index (χ1v) is 6.12. The first kappa shape index (κ1) is 16.7. The summed E-state index contributed by atoms with van der Waals surface area (Å²) in [4.78, 5) is 13.8. The van der Waals surface area contributed by atoms with Crippen LogP contribution in [0.2, 0.25) is 0 Å². The predicted octanol–water partition coefficient (Wildman–Crippen LogP) is 1.15. The number of carbonyl (C=O) groups excluding carboxylic acids is 1. The second-order valence-corrected chi connectivity index (χ2v) is 4.75. The van der Waals surface area contributed by atoms with Crippen molar-refractivity contribution < 1.29 is 9.53 Å². The Kier molecular flexibility index (Phi) is 8.56. The lowest BCUT2D eigenvalue weighted by Crippen LogP contribution is -2.46. The molecular weight excluding hydrogens is 240 g/mol. The van der Waals surface area contributed by atoms with Crippen LogP contribution in [0.15, 0.2) is 0 Å². The van der Waals surface area contributed by atoms with Gasteiger partial charge in [-0.1, -0.05) is 13.8 Å². The molecule has 0 spiro atoms. The zero-order valence-corrected chi connectivity index (χ0v) is 11.9. The Hall–Kier alpha value is -0.320. The van der Waals surface area contributed by atoms with Gasteiger partial charge in [-0.3, -0.25) is 4.79 Å². The fourth-order valence-corrected chi connectivity index (χ4v) is 1.97. The summed E-state index contributed by atoms with van der Waals surface area (Å²) >= 11 is 0. The topological polar surface area (TPSA) is 41.6 Å². The quantitative estimate of drug-likeness (QED) is 0.758. The zero-order chi connectivity index (χ0) is 12.0. The summed E-state index contributed by atoms with van der Waals surface area (Å²) in [5.41, 5.74) is 0. The van der Waals surface area contributed by atoms with Crippen molar-refractivity contribution in [2.45, 2.75) is 20.3 Å².